The Balaban J connectivity index is 0.000000567. The molecular formula is C20H33NO6Pt. The van der Waals surface area contributed by atoms with Crippen molar-refractivity contribution in [1.82, 2.24) is 0 Å². The molecule has 2 fully saturated rings. The van der Waals surface area contributed by atoms with E-state index in [1.807, 2.05) is 0 Å². The van der Waals surface area contributed by atoms with Gasteiger partial charge in [0, 0.05) is 6.42 Å². The number of carboxylic acids is 2. The quantitative estimate of drug-likeness (QED) is 0.218. The van der Waals surface area contributed by atoms with E-state index < -0.39 is 17.4 Å². The maximum atomic E-state index is 10.9. The number of hydrogen-bond donors (Lipinski definition) is 3. The summed E-state index contributed by atoms with van der Waals surface area (Å²) in [5.41, 5.74) is 6.31. The fraction of sp³-hybridized carbons (Fsp3) is 0.800. The predicted octanol–water partition coefficient (Wildman–Crippen LogP) is 3.49. The summed E-state index contributed by atoms with van der Waals surface area (Å²) in [6, 6.07) is 0.0495. The monoisotopic (exact) mass is 578 g/mol. The molecule has 0 saturated heterocycles. The van der Waals surface area contributed by atoms with Crippen molar-refractivity contribution >= 4 is 17.7 Å². The number of unbranched alkanes of at least 4 members (excludes halogenated alkanes) is 2. The minimum absolute atomic E-state index is 0. The third kappa shape index (κ3) is 8.30. The molecular weight excluding hydrogens is 545 g/mol. The average Bonchev–Trinajstić information content (AvgIpc) is 2.56. The van der Waals surface area contributed by atoms with Crippen LogP contribution in [0.2, 0.25) is 0 Å². The van der Waals surface area contributed by atoms with E-state index in [0.29, 0.717) is 18.8 Å². The van der Waals surface area contributed by atoms with Gasteiger partial charge < -0.3 is 28.0 Å². The molecule has 0 aliphatic heterocycles. The number of aliphatic hydroxyl groups excluding tert-OH is 1. The normalized spacial score (nSPS) is 25.3. The Bertz CT molecular complexity index is 493. The summed E-state index contributed by atoms with van der Waals surface area (Å²) >= 11 is 0. The second-order valence-corrected chi connectivity index (χ2v) is 7.89. The van der Waals surface area contributed by atoms with Crippen molar-refractivity contribution < 1.29 is 50.8 Å². The van der Waals surface area contributed by atoms with Crippen LogP contribution in [0.4, 0.5) is 0 Å². The Morgan fingerprint density at radius 1 is 1.04 bits per heavy atom. The van der Waals surface area contributed by atoms with Crippen LogP contribution in [-0.4, -0.2) is 45.7 Å². The third-order valence-corrected chi connectivity index (χ3v) is 5.86. The minimum atomic E-state index is -1.44. The summed E-state index contributed by atoms with van der Waals surface area (Å²) in [5, 5.41) is 25.5. The van der Waals surface area contributed by atoms with Gasteiger partial charge in [0.15, 0.2) is 11.2 Å². The molecule has 164 valence electrons. The Morgan fingerprint density at radius 2 is 1.64 bits per heavy atom. The van der Waals surface area contributed by atoms with Crippen LogP contribution in [0.15, 0.2) is 0 Å². The van der Waals surface area contributed by atoms with Gasteiger partial charge >= 0.3 is 33.0 Å². The summed E-state index contributed by atoms with van der Waals surface area (Å²) in [6.07, 6.45) is 9.42. The molecule has 3 atom stereocenters. The molecule has 2 aliphatic rings. The van der Waals surface area contributed by atoms with Crippen molar-refractivity contribution in [1.29, 1.82) is 0 Å². The van der Waals surface area contributed by atoms with Crippen molar-refractivity contribution in [2.24, 2.45) is 17.3 Å². The van der Waals surface area contributed by atoms with E-state index >= 15 is 0 Å². The van der Waals surface area contributed by atoms with Gasteiger partial charge in [-0.05, 0) is 31.6 Å². The molecule has 2 aliphatic carbocycles. The SMILES string of the molecule is O=C(O)C1(C(=O)O)CCC1.[CH2-][C@@H]1CC(CCCCCC(=O)CO)CC[C@H]1[NH-].[Pt+2]. The van der Waals surface area contributed by atoms with Crippen LogP contribution in [-0.2, 0) is 35.4 Å². The first-order chi connectivity index (χ1) is 12.7. The summed E-state index contributed by atoms with van der Waals surface area (Å²) in [7, 11) is 0. The van der Waals surface area contributed by atoms with E-state index in [-0.39, 0.29) is 52.3 Å². The molecule has 28 heavy (non-hydrogen) atoms. The first kappa shape index (κ1) is 27.2. The summed E-state index contributed by atoms with van der Waals surface area (Å²) < 4.78 is 0. The first-order valence-corrected chi connectivity index (χ1v) is 9.86. The zero-order valence-corrected chi connectivity index (χ0v) is 18.6. The third-order valence-electron chi connectivity index (χ3n) is 5.86. The maximum absolute atomic E-state index is 10.9. The van der Waals surface area contributed by atoms with Crippen molar-refractivity contribution in [3.63, 3.8) is 0 Å². The number of hydrogen-bond acceptors (Lipinski definition) is 4. The predicted molar refractivity (Wildman–Crippen MR) is 101 cm³/mol. The molecule has 4 N–H and O–H groups in total. The van der Waals surface area contributed by atoms with Crippen molar-refractivity contribution in [2.75, 3.05) is 6.61 Å². The standard InChI is InChI=1S/C14H25NO2.C6H8O4.Pt/c1-11-9-12(7-8-14(11)15)5-3-2-4-6-13(17)10-16;7-4(8)6(5(9)10)2-1-3-6;/h11-12,14-16H,1-10H2;1-3H2,(H,7,8)(H,9,10);/q-2;;+2/t11-,12?,14-;;/m1../s1. The second-order valence-electron chi connectivity index (χ2n) is 7.89. The molecule has 1 unspecified atom stereocenters. The molecule has 0 aromatic heterocycles. The topological polar surface area (TPSA) is 136 Å². The number of nitrogens with one attached hydrogen (secondary N) is 1. The Morgan fingerprint density at radius 3 is 2.04 bits per heavy atom. The minimum Gasteiger partial charge on any atom is -0.677 e. The van der Waals surface area contributed by atoms with Gasteiger partial charge in [0.1, 0.15) is 6.61 Å². The van der Waals surface area contributed by atoms with Gasteiger partial charge in [-0.3, -0.25) is 14.4 Å². The molecule has 0 spiro atoms. The van der Waals surface area contributed by atoms with Crippen molar-refractivity contribution in [3.8, 4) is 0 Å². The summed E-state index contributed by atoms with van der Waals surface area (Å²) in [4.78, 5) is 31.6. The summed E-state index contributed by atoms with van der Waals surface area (Å²) in [6.45, 7) is 3.74. The van der Waals surface area contributed by atoms with Crippen molar-refractivity contribution in [2.45, 2.75) is 76.7 Å². The number of carbonyl (C=O) groups is 3. The number of aliphatic carboxylic acids is 2. The average molecular weight is 579 g/mol. The number of carboxylic acid groups (broad SMARTS) is 2. The van der Waals surface area contributed by atoms with Crippen LogP contribution in [0.5, 0.6) is 0 Å². The van der Waals surface area contributed by atoms with E-state index in [1.54, 1.807) is 0 Å². The van der Waals surface area contributed by atoms with Gasteiger partial charge in [-0.1, -0.05) is 38.5 Å². The zero-order chi connectivity index (χ0) is 20.4. The van der Waals surface area contributed by atoms with Crippen LogP contribution < -0.4 is 0 Å². The number of aliphatic hydroxyl groups is 1. The number of carbonyl (C=O) groups excluding carboxylic acids is 1. The largest absolute Gasteiger partial charge is 2.00 e. The molecule has 2 saturated carbocycles. The van der Waals surface area contributed by atoms with Gasteiger partial charge in [0.05, 0.1) is 0 Å². The van der Waals surface area contributed by atoms with Crippen LogP contribution in [0.1, 0.15) is 70.6 Å². The molecule has 8 heteroatoms. The fourth-order valence-corrected chi connectivity index (χ4v) is 3.68. The van der Waals surface area contributed by atoms with Gasteiger partial charge in [0.2, 0.25) is 0 Å². The smallest absolute Gasteiger partial charge is 0.677 e. The van der Waals surface area contributed by atoms with E-state index in [9.17, 15) is 14.4 Å². The van der Waals surface area contributed by atoms with Crippen LogP contribution in [0, 0.1) is 24.2 Å². The van der Waals surface area contributed by atoms with E-state index in [0.717, 1.165) is 31.6 Å². The van der Waals surface area contributed by atoms with Gasteiger partial charge in [-0.25, -0.2) is 0 Å². The number of Topliss-reactive ketones (excluding diaryl/α,β-unsaturated/α-hetero) is 1. The van der Waals surface area contributed by atoms with Gasteiger partial charge in [-0.15, -0.1) is 0 Å². The van der Waals surface area contributed by atoms with Crippen LogP contribution in [0.25, 0.3) is 5.73 Å². The summed E-state index contributed by atoms with van der Waals surface area (Å²) in [5.74, 6) is -1.40. The molecule has 0 aromatic rings. The molecule has 0 heterocycles. The Hall–Kier alpha value is -0.782. The number of rotatable bonds is 9. The molecule has 0 amide bonds. The van der Waals surface area contributed by atoms with E-state index in [4.69, 9.17) is 21.1 Å². The van der Waals surface area contributed by atoms with E-state index in [1.165, 1.54) is 19.3 Å². The zero-order valence-electron chi connectivity index (χ0n) is 16.3. The Labute approximate surface area is 181 Å². The molecule has 2 rings (SSSR count). The van der Waals surface area contributed by atoms with Gasteiger partial charge in [-0.2, -0.15) is 12.0 Å². The Kier molecular flexibility index (Phi) is 13.1. The second kappa shape index (κ2) is 13.4. The molecule has 0 bridgehead atoms. The van der Waals surface area contributed by atoms with E-state index in [2.05, 4.69) is 6.92 Å². The molecule has 0 radical (unpaired) electrons. The van der Waals surface area contributed by atoms with Crippen LogP contribution >= 0.6 is 0 Å². The molecule has 0 aromatic carbocycles. The first-order valence-electron chi connectivity index (χ1n) is 9.86. The van der Waals surface area contributed by atoms with Crippen LogP contribution in [0.3, 0.4) is 0 Å². The molecule has 7 nitrogen and oxygen atoms in total. The van der Waals surface area contributed by atoms with Gasteiger partial charge in [0.25, 0.3) is 0 Å². The number of ketones is 1. The maximum Gasteiger partial charge on any atom is 2.00 e. The van der Waals surface area contributed by atoms with Crippen molar-refractivity contribution in [3.05, 3.63) is 12.7 Å². The fourth-order valence-electron chi connectivity index (χ4n) is 3.68.